The highest BCUT2D eigenvalue weighted by Crippen LogP contribution is 2.45. The number of carbonyl (C=O) groups excluding carboxylic acids is 4. The van der Waals surface area contributed by atoms with Crippen LogP contribution in [0.2, 0.25) is 0 Å². The molecule has 6 atom stereocenters. The first kappa shape index (κ1) is 91.0. The molecule has 0 bridgehead atoms. The van der Waals surface area contributed by atoms with Crippen molar-refractivity contribution in [3.8, 4) is 0 Å². The van der Waals surface area contributed by atoms with Gasteiger partial charge >= 0.3 is 39.5 Å². The number of ether oxygens (including phenoxy) is 4. The minimum Gasteiger partial charge on any atom is -0.462 e. The molecule has 550 valence electrons. The molecular weight excluding hydrogens is 1230 g/mol. The average molecular weight is 1370 g/mol. The van der Waals surface area contributed by atoms with Crippen molar-refractivity contribution < 1.29 is 80.2 Å². The molecule has 0 heterocycles. The lowest BCUT2D eigenvalue weighted by Crippen LogP contribution is -2.30. The van der Waals surface area contributed by atoms with E-state index in [4.69, 9.17) is 37.0 Å². The van der Waals surface area contributed by atoms with Crippen LogP contribution in [-0.2, 0) is 65.4 Å². The highest BCUT2D eigenvalue weighted by Gasteiger charge is 2.30. The molecule has 0 saturated carbocycles. The van der Waals surface area contributed by atoms with Crippen LogP contribution in [0.25, 0.3) is 0 Å². The second-order valence-electron chi connectivity index (χ2n) is 25.9. The fourth-order valence-corrected chi connectivity index (χ4v) is 12.0. The summed E-state index contributed by atoms with van der Waals surface area (Å²) < 4.78 is 68.4. The van der Waals surface area contributed by atoms with Gasteiger partial charge in [-0.1, -0.05) is 289 Å². The molecule has 94 heavy (non-hydrogen) atoms. The highest BCUT2D eigenvalue weighted by molar-refractivity contribution is 7.47. The van der Waals surface area contributed by atoms with Crippen molar-refractivity contribution >= 4 is 39.5 Å². The summed E-state index contributed by atoms with van der Waals surface area (Å²) in [7, 11) is -9.93. The van der Waals surface area contributed by atoms with Crippen LogP contribution < -0.4 is 0 Å². The van der Waals surface area contributed by atoms with Gasteiger partial charge in [-0.2, -0.15) is 0 Å². The van der Waals surface area contributed by atoms with Gasteiger partial charge in [0.05, 0.1) is 26.4 Å². The Morgan fingerprint density at radius 1 is 0.340 bits per heavy atom. The monoisotopic (exact) mass is 1370 g/mol. The Labute approximate surface area is 572 Å². The molecule has 19 heteroatoms. The van der Waals surface area contributed by atoms with Gasteiger partial charge in [-0.3, -0.25) is 37.3 Å². The van der Waals surface area contributed by atoms with Crippen LogP contribution in [0.1, 0.15) is 343 Å². The second-order valence-corrected chi connectivity index (χ2v) is 28.8. The van der Waals surface area contributed by atoms with Gasteiger partial charge in [-0.25, -0.2) is 9.13 Å². The van der Waals surface area contributed by atoms with Gasteiger partial charge < -0.3 is 33.8 Å². The van der Waals surface area contributed by atoms with Crippen LogP contribution in [0.15, 0.2) is 48.6 Å². The zero-order chi connectivity index (χ0) is 69.1. The third kappa shape index (κ3) is 66.3. The quantitative estimate of drug-likeness (QED) is 0.0169. The summed E-state index contributed by atoms with van der Waals surface area (Å²) in [5.74, 6) is -1.38. The first-order valence-corrected chi connectivity index (χ1v) is 40.8. The van der Waals surface area contributed by atoms with Gasteiger partial charge in [-0.15, -0.1) is 0 Å². The minimum atomic E-state index is -4.97. The normalized spacial score (nSPS) is 14.6. The molecule has 0 aromatic carbocycles. The van der Waals surface area contributed by atoms with Gasteiger partial charge in [0.15, 0.2) is 12.2 Å². The number of phosphoric ester groups is 2. The standard InChI is InChI=1S/C75H138O17P2/c1-6-10-13-16-19-22-25-27-29-31-33-39-44-49-54-59-73(78)86-65-71(91-74(79)60-55-50-45-40-34-32-30-28-26-23-20-17-14-11-7-2)67-90-94(83,84)88-63-69(76)62-87-93(81,82)89-66-70(64-85-72(77)58-53-48-43-38-24-21-18-15-12-8-3)92-75(80)61-56-51-46-41-36-35-37-42-47-52-57-68(5)9-4/h22-23,25-30,68-71,76H,6-21,24,31-67H2,1-5H3,(H,81,82)(H,83,84)/b25-22-,26-23-,29-27-,30-28-/t68?,69-,70+,71+/m0/s1. The molecule has 3 unspecified atom stereocenters. The Kier molecular flexibility index (Phi) is 65.1. The van der Waals surface area contributed by atoms with Crippen molar-refractivity contribution in [1.29, 1.82) is 0 Å². The molecule has 0 radical (unpaired) electrons. The second kappa shape index (κ2) is 67.2. The molecular formula is C75H138O17P2. The van der Waals surface area contributed by atoms with Gasteiger partial charge in [-0.05, 0) is 83.0 Å². The van der Waals surface area contributed by atoms with E-state index in [0.29, 0.717) is 25.7 Å². The molecule has 0 aliphatic carbocycles. The van der Waals surface area contributed by atoms with E-state index in [-0.39, 0.29) is 25.7 Å². The molecule has 0 amide bonds. The molecule has 0 rings (SSSR count). The third-order valence-corrected chi connectivity index (χ3v) is 18.5. The SMILES string of the molecule is CCCCCC/C=C\C=C/CCCCCCCC(=O)OC[C@H](COP(=O)(O)OC[C@@H](O)COP(=O)(O)OC[C@@H](COC(=O)CCCCCCCCCCCC)OC(=O)CCCCCCCCCCCCC(C)CC)OC(=O)CCCCCCC/C=C\C=C/CCCCCC. The molecule has 0 spiro atoms. The van der Waals surface area contributed by atoms with E-state index < -0.39 is 97.5 Å². The zero-order valence-electron chi connectivity index (χ0n) is 60.1. The Bertz CT molecular complexity index is 2000. The van der Waals surface area contributed by atoms with E-state index >= 15 is 0 Å². The number of phosphoric acid groups is 2. The fraction of sp³-hybridized carbons (Fsp3) is 0.840. The maximum absolute atomic E-state index is 13.1. The van der Waals surface area contributed by atoms with E-state index in [1.165, 1.54) is 135 Å². The van der Waals surface area contributed by atoms with Gasteiger partial charge in [0.2, 0.25) is 0 Å². The number of rotatable bonds is 71. The maximum atomic E-state index is 13.1. The molecule has 17 nitrogen and oxygen atoms in total. The number of aliphatic hydroxyl groups excluding tert-OH is 1. The molecule has 0 aromatic rings. The van der Waals surface area contributed by atoms with E-state index in [0.717, 1.165) is 128 Å². The van der Waals surface area contributed by atoms with E-state index in [2.05, 4.69) is 83.2 Å². The fourth-order valence-electron chi connectivity index (χ4n) is 10.4. The van der Waals surface area contributed by atoms with Crippen LogP contribution >= 0.6 is 15.6 Å². The first-order valence-electron chi connectivity index (χ1n) is 37.8. The highest BCUT2D eigenvalue weighted by atomic mass is 31.2. The molecule has 0 aromatic heterocycles. The molecule has 0 fully saturated rings. The van der Waals surface area contributed by atoms with Crippen molar-refractivity contribution in [2.24, 2.45) is 5.92 Å². The number of esters is 4. The van der Waals surface area contributed by atoms with Crippen LogP contribution in [0.4, 0.5) is 0 Å². The largest absolute Gasteiger partial charge is 0.472 e. The smallest absolute Gasteiger partial charge is 0.462 e. The summed E-state index contributed by atoms with van der Waals surface area (Å²) in [6.45, 7) is 7.16. The summed E-state index contributed by atoms with van der Waals surface area (Å²) in [6, 6.07) is 0. The van der Waals surface area contributed by atoms with Crippen molar-refractivity contribution in [2.45, 2.75) is 361 Å². The van der Waals surface area contributed by atoms with Crippen LogP contribution in [-0.4, -0.2) is 96.7 Å². The van der Waals surface area contributed by atoms with E-state index in [9.17, 15) is 43.2 Å². The first-order chi connectivity index (χ1) is 45.6. The van der Waals surface area contributed by atoms with Gasteiger partial charge in [0.25, 0.3) is 0 Å². The van der Waals surface area contributed by atoms with E-state index in [1.54, 1.807) is 0 Å². The number of hydrogen-bond acceptors (Lipinski definition) is 15. The Morgan fingerprint density at radius 3 is 0.904 bits per heavy atom. The number of aliphatic hydroxyl groups is 1. The summed E-state index contributed by atoms with van der Waals surface area (Å²) in [6.07, 6.45) is 61.1. The summed E-state index contributed by atoms with van der Waals surface area (Å²) in [4.78, 5) is 72.7. The topological polar surface area (TPSA) is 237 Å². The molecule has 3 N–H and O–H groups in total. The average Bonchev–Trinajstić information content (AvgIpc) is 1.71. The van der Waals surface area contributed by atoms with Crippen molar-refractivity contribution in [1.82, 2.24) is 0 Å². The summed E-state index contributed by atoms with van der Waals surface area (Å²) >= 11 is 0. The minimum absolute atomic E-state index is 0.0782. The lowest BCUT2D eigenvalue weighted by Gasteiger charge is -2.21. The number of hydrogen-bond donors (Lipinski definition) is 3. The molecule has 0 aliphatic rings. The summed E-state index contributed by atoms with van der Waals surface area (Å²) in [5, 5.41) is 10.6. The lowest BCUT2D eigenvalue weighted by atomic mass is 9.99. The van der Waals surface area contributed by atoms with Crippen molar-refractivity contribution in [2.75, 3.05) is 39.6 Å². The number of unbranched alkanes of at least 4 members (excludes halogenated alkanes) is 36. The maximum Gasteiger partial charge on any atom is 0.472 e. The van der Waals surface area contributed by atoms with Gasteiger partial charge in [0, 0.05) is 25.7 Å². The Balaban J connectivity index is 5.33. The molecule has 0 aliphatic heterocycles. The summed E-state index contributed by atoms with van der Waals surface area (Å²) in [5.41, 5.74) is 0. The van der Waals surface area contributed by atoms with Crippen LogP contribution in [0.3, 0.4) is 0 Å². The van der Waals surface area contributed by atoms with Crippen LogP contribution in [0.5, 0.6) is 0 Å². The third-order valence-electron chi connectivity index (χ3n) is 16.6. The van der Waals surface area contributed by atoms with Gasteiger partial charge in [0.1, 0.15) is 19.3 Å². The predicted molar refractivity (Wildman–Crippen MR) is 381 cm³/mol. The van der Waals surface area contributed by atoms with Crippen molar-refractivity contribution in [3.05, 3.63) is 48.6 Å². The van der Waals surface area contributed by atoms with E-state index in [1.807, 2.05) is 0 Å². The molecule has 0 saturated heterocycles. The number of carbonyl (C=O) groups is 4. The Hall–Kier alpha value is -2.98. The lowest BCUT2D eigenvalue weighted by molar-refractivity contribution is -0.161. The number of allylic oxidation sites excluding steroid dienone is 8. The zero-order valence-corrected chi connectivity index (χ0v) is 61.9. The predicted octanol–water partition coefficient (Wildman–Crippen LogP) is 21.2. The van der Waals surface area contributed by atoms with Crippen LogP contribution in [0, 0.1) is 5.92 Å². The van der Waals surface area contributed by atoms with Crippen molar-refractivity contribution in [3.63, 3.8) is 0 Å². The Morgan fingerprint density at radius 2 is 0.596 bits per heavy atom.